The highest BCUT2D eigenvalue weighted by atomic mass is 19.4. The van der Waals surface area contributed by atoms with E-state index in [1.54, 1.807) is 6.07 Å². The van der Waals surface area contributed by atoms with Crippen molar-refractivity contribution in [3.05, 3.63) is 71.8 Å². The van der Waals surface area contributed by atoms with Gasteiger partial charge in [0.2, 0.25) is 5.82 Å². The number of hydrazine groups is 1. The minimum absolute atomic E-state index is 0.0875. The average Bonchev–Trinajstić information content (AvgIpc) is 3.05. The van der Waals surface area contributed by atoms with Gasteiger partial charge in [-0.3, -0.25) is 20.4 Å². The van der Waals surface area contributed by atoms with Crippen LogP contribution in [0, 0.1) is 5.82 Å². The summed E-state index contributed by atoms with van der Waals surface area (Å²) < 4.78 is 53.9. The number of amides is 2. The van der Waals surface area contributed by atoms with Crippen LogP contribution in [-0.4, -0.2) is 21.4 Å². The zero-order valence-corrected chi connectivity index (χ0v) is 14.7. The van der Waals surface area contributed by atoms with Gasteiger partial charge in [-0.05, 0) is 24.3 Å². The van der Waals surface area contributed by atoms with Crippen LogP contribution in [0.4, 0.5) is 17.6 Å². The lowest BCUT2D eigenvalue weighted by Crippen LogP contribution is -2.42. The second-order valence-corrected chi connectivity index (χ2v) is 5.90. The number of hydrogen-bond donors (Lipinski definition) is 2. The number of nitrogens with zero attached hydrogens (tertiary/aromatic N) is 2. The number of carbonyl (C=O) groups is 2. The highest BCUT2D eigenvalue weighted by Crippen LogP contribution is 2.31. The predicted octanol–water partition coefficient (Wildman–Crippen LogP) is 3.06. The van der Waals surface area contributed by atoms with Gasteiger partial charge < -0.3 is 4.57 Å². The van der Waals surface area contributed by atoms with Crippen molar-refractivity contribution in [1.29, 1.82) is 0 Å². The van der Waals surface area contributed by atoms with Crippen LogP contribution in [0.3, 0.4) is 0 Å². The molecule has 0 bridgehead atoms. The molecular weight excluding hydrogens is 392 g/mol. The van der Waals surface area contributed by atoms with Crippen LogP contribution in [0.2, 0.25) is 0 Å². The quantitative estimate of drug-likeness (QED) is 0.397. The molecule has 3 aromatic rings. The average molecular weight is 406 g/mol. The summed E-state index contributed by atoms with van der Waals surface area (Å²) in [6, 6.07) is 11.6. The fraction of sp³-hybridized carbons (Fsp3) is 0.105. The molecule has 150 valence electrons. The minimum Gasteiger partial charge on any atom is -0.311 e. The first kappa shape index (κ1) is 20.1. The summed E-state index contributed by atoms with van der Waals surface area (Å²) in [4.78, 5) is 27.3. The van der Waals surface area contributed by atoms with E-state index in [1.165, 1.54) is 48.5 Å². The van der Waals surface area contributed by atoms with Crippen molar-refractivity contribution in [3.63, 3.8) is 0 Å². The van der Waals surface area contributed by atoms with Gasteiger partial charge in [0.1, 0.15) is 12.4 Å². The Kier molecular flexibility index (Phi) is 5.62. The van der Waals surface area contributed by atoms with E-state index in [1.807, 2.05) is 10.9 Å². The number of imidazole rings is 1. The summed E-state index contributed by atoms with van der Waals surface area (Å²) in [7, 11) is 0. The van der Waals surface area contributed by atoms with Crippen molar-refractivity contribution in [2.75, 3.05) is 0 Å². The van der Waals surface area contributed by atoms with Crippen molar-refractivity contribution < 1.29 is 27.2 Å². The highest BCUT2D eigenvalue weighted by Gasteiger charge is 2.38. The molecule has 0 fully saturated rings. The fourth-order valence-electron chi connectivity index (χ4n) is 2.58. The number of fused-ring (bicyclic) bond motifs is 1. The van der Waals surface area contributed by atoms with Crippen LogP contribution < -0.4 is 10.9 Å². The number of aromatic nitrogens is 2. The topological polar surface area (TPSA) is 76.0 Å². The second kappa shape index (κ2) is 8.13. The molecule has 2 amide bonds. The van der Waals surface area contributed by atoms with Crippen molar-refractivity contribution in [3.8, 4) is 0 Å². The molecule has 0 aliphatic carbocycles. The molecule has 1 heterocycles. The summed E-state index contributed by atoms with van der Waals surface area (Å²) in [6.07, 6.45) is -2.58. The summed E-state index contributed by atoms with van der Waals surface area (Å²) in [5.74, 6) is -3.44. The molecule has 29 heavy (non-hydrogen) atoms. The van der Waals surface area contributed by atoms with Crippen molar-refractivity contribution in [2.24, 2.45) is 0 Å². The number of carbonyl (C=O) groups excluding carboxylic acids is 2. The molecule has 3 rings (SSSR count). The Balaban J connectivity index is 1.67. The standard InChI is InChI=1S/C19H14F4N4O2/c20-13-6-2-1-5-12(13)9-10-16(28)25-26-17(29)11-27-15-8-4-3-7-14(15)24-18(27)19(21,22)23/h1-10H,11H2,(H,25,28)(H,26,29)/b10-9+. The van der Waals surface area contributed by atoms with Crippen LogP contribution in [0.25, 0.3) is 17.1 Å². The third-order valence-electron chi connectivity index (χ3n) is 3.85. The van der Waals surface area contributed by atoms with E-state index < -0.39 is 36.2 Å². The number of para-hydroxylation sites is 2. The minimum atomic E-state index is -4.76. The van der Waals surface area contributed by atoms with E-state index in [4.69, 9.17) is 0 Å². The number of nitrogens with one attached hydrogen (secondary N) is 2. The van der Waals surface area contributed by atoms with E-state index >= 15 is 0 Å². The van der Waals surface area contributed by atoms with E-state index in [2.05, 4.69) is 4.98 Å². The molecule has 0 aliphatic heterocycles. The molecule has 0 spiro atoms. The van der Waals surface area contributed by atoms with Gasteiger partial charge >= 0.3 is 6.18 Å². The molecular formula is C19H14F4N4O2. The second-order valence-electron chi connectivity index (χ2n) is 5.90. The van der Waals surface area contributed by atoms with Crippen LogP contribution in [0.1, 0.15) is 11.4 Å². The maximum atomic E-state index is 13.5. The van der Waals surface area contributed by atoms with Gasteiger partial charge in [-0.25, -0.2) is 9.37 Å². The first-order chi connectivity index (χ1) is 13.8. The molecule has 0 atom stereocenters. The van der Waals surface area contributed by atoms with Crippen LogP contribution in [0.15, 0.2) is 54.6 Å². The third kappa shape index (κ3) is 4.78. The molecule has 0 aliphatic rings. The van der Waals surface area contributed by atoms with Gasteiger partial charge in [-0.2, -0.15) is 13.2 Å². The lowest BCUT2D eigenvalue weighted by Gasteiger charge is -2.11. The molecule has 0 radical (unpaired) electrons. The van der Waals surface area contributed by atoms with Crippen molar-refractivity contribution >= 4 is 28.9 Å². The Bertz CT molecular complexity index is 1090. The van der Waals surface area contributed by atoms with E-state index in [0.717, 1.165) is 6.08 Å². The molecule has 2 N–H and O–H groups in total. The molecule has 2 aromatic carbocycles. The molecule has 0 saturated heterocycles. The van der Waals surface area contributed by atoms with Crippen LogP contribution in [-0.2, 0) is 22.3 Å². The Morgan fingerprint density at radius 2 is 1.72 bits per heavy atom. The lowest BCUT2D eigenvalue weighted by molar-refractivity contribution is -0.147. The Hall–Kier alpha value is -3.69. The summed E-state index contributed by atoms with van der Waals surface area (Å²) in [5, 5.41) is 0. The number of rotatable bonds is 4. The fourth-order valence-corrected chi connectivity index (χ4v) is 2.58. The monoisotopic (exact) mass is 406 g/mol. The number of benzene rings is 2. The smallest absolute Gasteiger partial charge is 0.311 e. The van der Waals surface area contributed by atoms with Crippen molar-refractivity contribution in [1.82, 2.24) is 20.4 Å². The van der Waals surface area contributed by atoms with Crippen molar-refractivity contribution in [2.45, 2.75) is 12.7 Å². The molecule has 0 saturated carbocycles. The summed E-state index contributed by atoms with van der Waals surface area (Å²) in [5.41, 5.74) is 4.42. The maximum absolute atomic E-state index is 13.5. The molecule has 6 nitrogen and oxygen atoms in total. The zero-order chi connectivity index (χ0) is 21.0. The van der Waals surface area contributed by atoms with E-state index in [-0.39, 0.29) is 16.6 Å². The van der Waals surface area contributed by atoms with Gasteiger partial charge in [0.15, 0.2) is 0 Å². The molecule has 10 heteroatoms. The molecule has 0 unspecified atom stereocenters. The Labute approximate surface area is 161 Å². The normalized spacial score (nSPS) is 11.7. The van der Waals surface area contributed by atoms with Gasteiger partial charge in [0, 0.05) is 11.6 Å². The van der Waals surface area contributed by atoms with Crippen LogP contribution >= 0.6 is 0 Å². The summed E-state index contributed by atoms with van der Waals surface area (Å²) >= 11 is 0. The zero-order valence-electron chi connectivity index (χ0n) is 14.7. The predicted molar refractivity (Wildman–Crippen MR) is 96.5 cm³/mol. The first-order valence-electron chi connectivity index (χ1n) is 8.29. The number of alkyl halides is 3. The third-order valence-corrected chi connectivity index (χ3v) is 3.85. The van der Waals surface area contributed by atoms with Gasteiger partial charge in [0.05, 0.1) is 11.0 Å². The highest BCUT2D eigenvalue weighted by molar-refractivity contribution is 5.93. The lowest BCUT2D eigenvalue weighted by atomic mass is 10.2. The number of hydrogen-bond acceptors (Lipinski definition) is 3. The maximum Gasteiger partial charge on any atom is 0.449 e. The SMILES string of the molecule is O=C(/C=C/c1ccccc1F)NNC(=O)Cn1c(C(F)(F)F)nc2ccccc21. The van der Waals surface area contributed by atoms with Gasteiger partial charge in [0.25, 0.3) is 11.8 Å². The Morgan fingerprint density at radius 3 is 2.45 bits per heavy atom. The van der Waals surface area contributed by atoms with Gasteiger partial charge in [-0.15, -0.1) is 0 Å². The summed E-state index contributed by atoms with van der Waals surface area (Å²) in [6.45, 7) is -0.716. The first-order valence-corrected chi connectivity index (χ1v) is 8.29. The largest absolute Gasteiger partial charge is 0.449 e. The van der Waals surface area contributed by atoms with E-state index in [9.17, 15) is 27.2 Å². The Morgan fingerprint density at radius 1 is 1.03 bits per heavy atom. The van der Waals surface area contributed by atoms with Crippen LogP contribution in [0.5, 0.6) is 0 Å². The molecule has 1 aromatic heterocycles. The van der Waals surface area contributed by atoms with E-state index in [0.29, 0.717) is 4.57 Å². The van der Waals surface area contributed by atoms with Gasteiger partial charge in [-0.1, -0.05) is 30.3 Å². The number of halogens is 4.